The Hall–Kier alpha value is -1.35. The smallest absolute Gasteiger partial charge is 0.254 e. The monoisotopic (exact) mass is 257 g/mol. The number of rotatable bonds is 0. The number of ether oxygens (including phenoxy) is 1. The van der Waals surface area contributed by atoms with Gasteiger partial charge in [-0.25, -0.2) is 0 Å². The SMILES string of the molecule is O=C1c2ccccc2C2CC3(CCCCO3)CCN12. The summed E-state index contributed by atoms with van der Waals surface area (Å²) in [5.74, 6) is 0.214. The molecule has 1 spiro atoms. The standard InChI is InChI=1S/C16H19NO2/c18-15-13-6-2-1-5-12(13)14-11-16(8-9-17(14)15)7-3-4-10-19-16/h1-2,5-6,14H,3-4,7-11H2. The summed E-state index contributed by atoms with van der Waals surface area (Å²) in [7, 11) is 0. The minimum absolute atomic E-state index is 0.0388. The van der Waals surface area contributed by atoms with Gasteiger partial charge < -0.3 is 9.64 Å². The van der Waals surface area contributed by atoms with Crippen molar-refractivity contribution < 1.29 is 9.53 Å². The summed E-state index contributed by atoms with van der Waals surface area (Å²) in [5.41, 5.74) is 2.15. The quantitative estimate of drug-likeness (QED) is 0.715. The molecular formula is C16H19NO2. The third-order valence-electron chi connectivity index (χ3n) is 5.00. The average molecular weight is 257 g/mol. The normalized spacial score (nSPS) is 33.4. The lowest BCUT2D eigenvalue weighted by molar-refractivity contribution is -0.118. The van der Waals surface area contributed by atoms with E-state index in [1.54, 1.807) is 0 Å². The Kier molecular flexibility index (Phi) is 2.46. The van der Waals surface area contributed by atoms with Gasteiger partial charge in [0.15, 0.2) is 0 Å². The zero-order valence-corrected chi connectivity index (χ0v) is 11.1. The molecule has 3 aliphatic heterocycles. The molecule has 19 heavy (non-hydrogen) atoms. The number of carbonyl (C=O) groups is 1. The van der Waals surface area contributed by atoms with Gasteiger partial charge >= 0.3 is 0 Å². The van der Waals surface area contributed by atoms with Crippen LogP contribution in [0.1, 0.15) is 54.1 Å². The summed E-state index contributed by atoms with van der Waals surface area (Å²) >= 11 is 0. The maximum atomic E-state index is 12.4. The van der Waals surface area contributed by atoms with Gasteiger partial charge in [0.1, 0.15) is 0 Å². The summed E-state index contributed by atoms with van der Waals surface area (Å²) in [4.78, 5) is 14.4. The van der Waals surface area contributed by atoms with Crippen LogP contribution in [0.2, 0.25) is 0 Å². The molecule has 0 saturated carbocycles. The molecule has 0 radical (unpaired) electrons. The first-order valence-corrected chi connectivity index (χ1v) is 7.33. The molecule has 3 heterocycles. The number of carbonyl (C=O) groups excluding carboxylic acids is 1. The lowest BCUT2D eigenvalue weighted by atomic mass is 9.80. The number of fused-ring (bicyclic) bond motifs is 3. The molecule has 2 atom stereocenters. The van der Waals surface area contributed by atoms with Crippen molar-refractivity contribution in [2.75, 3.05) is 13.2 Å². The Morgan fingerprint density at radius 1 is 1.21 bits per heavy atom. The highest BCUT2D eigenvalue weighted by Gasteiger charge is 2.47. The molecule has 3 nitrogen and oxygen atoms in total. The van der Waals surface area contributed by atoms with Gasteiger partial charge in [-0.1, -0.05) is 18.2 Å². The maximum Gasteiger partial charge on any atom is 0.254 e. The van der Waals surface area contributed by atoms with E-state index in [0.717, 1.165) is 38.0 Å². The van der Waals surface area contributed by atoms with E-state index < -0.39 is 0 Å². The predicted octanol–water partition coefficient (Wildman–Crippen LogP) is 2.92. The Labute approximate surface area is 113 Å². The molecule has 2 saturated heterocycles. The van der Waals surface area contributed by atoms with Crippen molar-refractivity contribution in [3.05, 3.63) is 35.4 Å². The van der Waals surface area contributed by atoms with Gasteiger partial charge in [-0.3, -0.25) is 4.79 Å². The van der Waals surface area contributed by atoms with Crippen molar-refractivity contribution in [3.8, 4) is 0 Å². The highest BCUT2D eigenvalue weighted by Crippen LogP contribution is 2.47. The molecule has 1 aromatic rings. The fraction of sp³-hybridized carbons (Fsp3) is 0.562. The van der Waals surface area contributed by atoms with Crippen molar-refractivity contribution in [3.63, 3.8) is 0 Å². The molecule has 2 unspecified atom stereocenters. The fourth-order valence-electron chi connectivity index (χ4n) is 3.97. The summed E-state index contributed by atoms with van der Waals surface area (Å²) in [6.45, 7) is 1.74. The Bertz CT molecular complexity index is 519. The molecule has 0 aromatic heterocycles. The molecule has 0 N–H and O–H groups in total. The van der Waals surface area contributed by atoms with E-state index in [-0.39, 0.29) is 17.6 Å². The van der Waals surface area contributed by atoms with E-state index in [0.29, 0.717) is 0 Å². The van der Waals surface area contributed by atoms with Crippen LogP contribution in [0.15, 0.2) is 24.3 Å². The van der Waals surface area contributed by atoms with Crippen LogP contribution in [0.25, 0.3) is 0 Å². The molecule has 0 aliphatic carbocycles. The maximum absolute atomic E-state index is 12.4. The molecule has 0 bridgehead atoms. The minimum Gasteiger partial charge on any atom is -0.375 e. The summed E-state index contributed by atoms with van der Waals surface area (Å²) < 4.78 is 6.13. The molecule has 3 aliphatic rings. The number of piperidine rings is 1. The average Bonchev–Trinajstić information content (AvgIpc) is 2.73. The van der Waals surface area contributed by atoms with Gasteiger partial charge in [-0.05, 0) is 37.3 Å². The van der Waals surface area contributed by atoms with Crippen LogP contribution in [0, 0.1) is 0 Å². The van der Waals surface area contributed by atoms with E-state index >= 15 is 0 Å². The van der Waals surface area contributed by atoms with Crippen LogP contribution < -0.4 is 0 Å². The van der Waals surface area contributed by atoms with Gasteiger partial charge in [0.05, 0.1) is 11.6 Å². The first-order chi connectivity index (χ1) is 9.29. The fourth-order valence-corrected chi connectivity index (χ4v) is 3.97. The highest BCUT2D eigenvalue weighted by atomic mass is 16.5. The Morgan fingerprint density at radius 2 is 2.11 bits per heavy atom. The van der Waals surface area contributed by atoms with Crippen LogP contribution in [0.4, 0.5) is 0 Å². The first kappa shape index (κ1) is 11.5. The predicted molar refractivity (Wildman–Crippen MR) is 72.0 cm³/mol. The molecule has 4 rings (SSSR count). The van der Waals surface area contributed by atoms with Crippen molar-refractivity contribution in [2.45, 2.75) is 43.7 Å². The Balaban J connectivity index is 1.69. The molecule has 3 heteroatoms. The number of benzene rings is 1. The van der Waals surface area contributed by atoms with Gasteiger partial charge in [-0.2, -0.15) is 0 Å². The largest absolute Gasteiger partial charge is 0.375 e. The van der Waals surface area contributed by atoms with Crippen LogP contribution >= 0.6 is 0 Å². The second-order valence-electron chi connectivity index (χ2n) is 6.04. The van der Waals surface area contributed by atoms with Crippen LogP contribution in [-0.2, 0) is 4.74 Å². The van der Waals surface area contributed by atoms with E-state index in [1.165, 1.54) is 18.4 Å². The molecule has 1 aromatic carbocycles. The van der Waals surface area contributed by atoms with E-state index in [9.17, 15) is 4.79 Å². The van der Waals surface area contributed by atoms with Gasteiger partial charge in [0, 0.05) is 25.1 Å². The van der Waals surface area contributed by atoms with Crippen LogP contribution in [0.5, 0.6) is 0 Å². The molecule has 2 fully saturated rings. The zero-order chi connectivity index (χ0) is 12.9. The number of amides is 1. The number of hydrogen-bond acceptors (Lipinski definition) is 2. The lowest BCUT2D eigenvalue weighted by Gasteiger charge is -2.46. The topological polar surface area (TPSA) is 29.5 Å². The van der Waals surface area contributed by atoms with Crippen molar-refractivity contribution >= 4 is 5.91 Å². The molecule has 100 valence electrons. The zero-order valence-electron chi connectivity index (χ0n) is 11.1. The third kappa shape index (κ3) is 1.64. The van der Waals surface area contributed by atoms with Crippen molar-refractivity contribution in [2.24, 2.45) is 0 Å². The molecule has 1 amide bonds. The van der Waals surface area contributed by atoms with Gasteiger partial charge in [0.2, 0.25) is 0 Å². The van der Waals surface area contributed by atoms with E-state index in [4.69, 9.17) is 4.74 Å². The van der Waals surface area contributed by atoms with E-state index in [1.807, 2.05) is 23.1 Å². The van der Waals surface area contributed by atoms with Gasteiger partial charge in [-0.15, -0.1) is 0 Å². The van der Waals surface area contributed by atoms with Crippen molar-refractivity contribution in [1.29, 1.82) is 0 Å². The van der Waals surface area contributed by atoms with E-state index in [2.05, 4.69) is 6.07 Å². The second kappa shape index (κ2) is 4.07. The summed E-state index contributed by atoms with van der Waals surface area (Å²) in [6.07, 6.45) is 5.60. The number of nitrogens with zero attached hydrogens (tertiary/aromatic N) is 1. The highest BCUT2D eigenvalue weighted by molar-refractivity contribution is 5.99. The number of hydrogen-bond donors (Lipinski definition) is 0. The van der Waals surface area contributed by atoms with Crippen molar-refractivity contribution in [1.82, 2.24) is 4.90 Å². The van der Waals surface area contributed by atoms with Crippen LogP contribution in [-0.4, -0.2) is 29.6 Å². The molecular weight excluding hydrogens is 238 g/mol. The second-order valence-corrected chi connectivity index (χ2v) is 6.04. The van der Waals surface area contributed by atoms with Gasteiger partial charge in [0.25, 0.3) is 5.91 Å². The lowest BCUT2D eigenvalue weighted by Crippen LogP contribution is -2.48. The Morgan fingerprint density at radius 3 is 2.95 bits per heavy atom. The third-order valence-corrected chi connectivity index (χ3v) is 5.00. The summed E-state index contributed by atoms with van der Waals surface area (Å²) in [5, 5.41) is 0. The summed E-state index contributed by atoms with van der Waals surface area (Å²) in [6, 6.07) is 8.32. The van der Waals surface area contributed by atoms with Crippen LogP contribution in [0.3, 0.4) is 0 Å². The first-order valence-electron chi connectivity index (χ1n) is 7.33. The minimum atomic E-state index is 0.0388.